The third-order valence-corrected chi connectivity index (χ3v) is 2.76. The molecule has 2 rings (SSSR count). The number of aromatic amines is 1. The number of aryl methyl sites for hydroxylation is 1. The zero-order valence-electron chi connectivity index (χ0n) is 9.14. The topological polar surface area (TPSA) is 41.8 Å². The Morgan fingerprint density at radius 3 is 2.65 bits per heavy atom. The highest BCUT2D eigenvalue weighted by molar-refractivity contribution is 5.86. The molecule has 0 fully saturated rings. The maximum absolute atomic E-state index is 12.7. The Morgan fingerprint density at radius 2 is 2.00 bits per heavy atom. The summed E-state index contributed by atoms with van der Waals surface area (Å²) in [5, 5.41) is 0.633. The van der Waals surface area contributed by atoms with Crippen molar-refractivity contribution in [3.8, 4) is 0 Å². The van der Waals surface area contributed by atoms with Crippen LogP contribution in [-0.2, 0) is 12.6 Å². The Hall–Kier alpha value is -1.49. The molecule has 1 aromatic heterocycles. The van der Waals surface area contributed by atoms with Crippen LogP contribution in [0.3, 0.4) is 0 Å². The van der Waals surface area contributed by atoms with Crippen molar-refractivity contribution in [3.05, 3.63) is 35.5 Å². The van der Waals surface area contributed by atoms with Gasteiger partial charge in [0.1, 0.15) is 0 Å². The van der Waals surface area contributed by atoms with E-state index in [1.165, 1.54) is 6.07 Å². The highest BCUT2D eigenvalue weighted by atomic mass is 19.4. The summed E-state index contributed by atoms with van der Waals surface area (Å²) < 4.78 is 38.2. The highest BCUT2D eigenvalue weighted by Gasteiger charge is 2.33. The molecule has 2 aromatic rings. The number of fused-ring (bicyclic) bond motifs is 1. The lowest BCUT2D eigenvalue weighted by atomic mass is 10.1. The van der Waals surface area contributed by atoms with Crippen molar-refractivity contribution in [2.24, 2.45) is 5.73 Å². The van der Waals surface area contributed by atoms with E-state index >= 15 is 0 Å². The van der Waals surface area contributed by atoms with E-state index in [0.717, 1.165) is 18.1 Å². The van der Waals surface area contributed by atoms with Gasteiger partial charge in [-0.3, -0.25) is 0 Å². The fraction of sp³-hybridized carbons (Fsp3) is 0.333. The molecule has 0 unspecified atom stereocenters. The minimum atomic E-state index is -4.32. The summed E-state index contributed by atoms with van der Waals surface area (Å²) in [4.78, 5) is 2.71. The maximum Gasteiger partial charge on any atom is 0.418 e. The van der Waals surface area contributed by atoms with Crippen LogP contribution in [0.4, 0.5) is 13.2 Å². The van der Waals surface area contributed by atoms with Crippen molar-refractivity contribution in [2.75, 3.05) is 6.54 Å². The first-order valence-electron chi connectivity index (χ1n) is 5.40. The fourth-order valence-electron chi connectivity index (χ4n) is 1.95. The van der Waals surface area contributed by atoms with Crippen LogP contribution >= 0.6 is 0 Å². The smallest absolute Gasteiger partial charge is 0.360 e. The molecule has 0 aliphatic rings. The van der Waals surface area contributed by atoms with Gasteiger partial charge in [-0.15, -0.1) is 0 Å². The Morgan fingerprint density at radius 1 is 1.24 bits per heavy atom. The van der Waals surface area contributed by atoms with Crippen molar-refractivity contribution >= 4 is 10.9 Å². The van der Waals surface area contributed by atoms with Crippen LogP contribution in [0.25, 0.3) is 10.9 Å². The molecule has 0 aliphatic carbocycles. The molecule has 2 nitrogen and oxygen atoms in total. The molecule has 0 aliphatic heterocycles. The minimum Gasteiger partial charge on any atom is -0.360 e. The first-order chi connectivity index (χ1) is 8.04. The van der Waals surface area contributed by atoms with Gasteiger partial charge >= 0.3 is 6.18 Å². The van der Waals surface area contributed by atoms with Gasteiger partial charge in [0.15, 0.2) is 0 Å². The van der Waals surface area contributed by atoms with Crippen molar-refractivity contribution < 1.29 is 13.2 Å². The van der Waals surface area contributed by atoms with Gasteiger partial charge in [-0.2, -0.15) is 13.2 Å². The standard InChI is InChI=1S/C12H13F3N2/c13-12(14,15)10-5-1-4-9-8(3-2-6-16)7-17-11(9)10/h1,4-5,7,17H,2-3,6,16H2. The fourth-order valence-corrected chi connectivity index (χ4v) is 1.95. The second-order valence-corrected chi connectivity index (χ2v) is 3.93. The molecule has 1 heterocycles. The molecule has 17 heavy (non-hydrogen) atoms. The van der Waals surface area contributed by atoms with Crippen molar-refractivity contribution in [3.63, 3.8) is 0 Å². The van der Waals surface area contributed by atoms with Crippen molar-refractivity contribution in [2.45, 2.75) is 19.0 Å². The molecule has 0 amide bonds. The summed E-state index contributed by atoms with van der Waals surface area (Å²) in [5.74, 6) is 0. The predicted octanol–water partition coefficient (Wildman–Crippen LogP) is 3.08. The number of H-pyrrole nitrogens is 1. The van der Waals surface area contributed by atoms with Crippen LogP contribution < -0.4 is 5.73 Å². The lowest BCUT2D eigenvalue weighted by molar-refractivity contribution is -0.136. The molecule has 0 saturated heterocycles. The molecule has 0 saturated carbocycles. The van der Waals surface area contributed by atoms with Crippen LogP contribution in [0.2, 0.25) is 0 Å². The molecule has 0 radical (unpaired) electrons. The lowest BCUT2D eigenvalue weighted by Gasteiger charge is -2.07. The van der Waals surface area contributed by atoms with E-state index in [4.69, 9.17) is 5.73 Å². The third-order valence-electron chi connectivity index (χ3n) is 2.76. The van der Waals surface area contributed by atoms with E-state index in [1.54, 1.807) is 12.3 Å². The largest absolute Gasteiger partial charge is 0.418 e. The molecule has 0 bridgehead atoms. The molecule has 0 spiro atoms. The monoisotopic (exact) mass is 242 g/mol. The molecule has 1 aromatic carbocycles. The second kappa shape index (κ2) is 4.41. The summed E-state index contributed by atoms with van der Waals surface area (Å²) in [7, 11) is 0. The van der Waals surface area contributed by atoms with Gasteiger partial charge in [-0.25, -0.2) is 0 Å². The van der Waals surface area contributed by atoms with Gasteiger partial charge in [0.25, 0.3) is 0 Å². The first kappa shape index (κ1) is 12.0. The quantitative estimate of drug-likeness (QED) is 0.853. The molecular weight excluding hydrogens is 229 g/mol. The van der Waals surface area contributed by atoms with Crippen LogP contribution in [0.1, 0.15) is 17.5 Å². The number of halogens is 3. The number of nitrogens with one attached hydrogen (secondary N) is 1. The maximum atomic E-state index is 12.7. The molecular formula is C12H13F3N2. The van der Waals surface area contributed by atoms with Gasteiger partial charge in [0, 0.05) is 11.6 Å². The van der Waals surface area contributed by atoms with Crippen molar-refractivity contribution in [1.82, 2.24) is 4.98 Å². The van der Waals surface area contributed by atoms with Gasteiger partial charge < -0.3 is 10.7 Å². The number of alkyl halides is 3. The summed E-state index contributed by atoms with van der Waals surface area (Å²) in [6.07, 6.45) is -1.23. The first-order valence-corrected chi connectivity index (χ1v) is 5.40. The number of nitrogens with two attached hydrogens (primary N) is 1. The van der Waals surface area contributed by atoms with Crippen LogP contribution in [0.15, 0.2) is 24.4 Å². The number of para-hydroxylation sites is 1. The van der Waals surface area contributed by atoms with Crippen molar-refractivity contribution in [1.29, 1.82) is 0 Å². The average Bonchev–Trinajstić information content (AvgIpc) is 2.67. The Kier molecular flexibility index (Phi) is 3.11. The van der Waals surface area contributed by atoms with Crippen LogP contribution in [-0.4, -0.2) is 11.5 Å². The number of hydrogen-bond donors (Lipinski definition) is 2. The zero-order valence-corrected chi connectivity index (χ0v) is 9.14. The summed E-state index contributed by atoms with van der Waals surface area (Å²) in [6, 6.07) is 4.23. The Bertz CT molecular complexity index is 514. The van der Waals surface area contributed by atoms with Gasteiger partial charge in [-0.1, -0.05) is 12.1 Å². The van der Waals surface area contributed by atoms with Crippen LogP contribution in [0, 0.1) is 0 Å². The molecule has 92 valence electrons. The van der Waals surface area contributed by atoms with E-state index in [-0.39, 0.29) is 5.52 Å². The summed E-state index contributed by atoms with van der Waals surface area (Å²) >= 11 is 0. The predicted molar refractivity (Wildman–Crippen MR) is 60.7 cm³/mol. The number of aromatic nitrogens is 1. The Labute approximate surface area is 96.6 Å². The van der Waals surface area contributed by atoms with E-state index < -0.39 is 11.7 Å². The summed E-state index contributed by atoms with van der Waals surface area (Å²) in [5.41, 5.74) is 5.83. The Balaban J connectivity index is 2.49. The summed E-state index contributed by atoms with van der Waals surface area (Å²) in [6.45, 7) is 0.533. The molecule has 0 atom stereocenters. The number of rotatable bonds is 3. The third kappa shape index (κ3) is 2.29. The van der Waals surface area contributed by atoms with Crippen LogP contribution in [0.5, 0.6) is 0 Å². The van der Waals surface area contributed by atoms with E-state index in [2.05, 4.69) is 4.98 Å². The normalized spacial score (nSPS) is 12.2. The number of benzene rings is 1. The van der Waals surface area contributed by atoms with Gasteiger partial charge in [0.2, 0.25) is 0 Å². The van der Waals surface area contributed by atoms with E-state index in [0.29, 0.717) is 18.4 Å². The molecule has 5 heteroatoms. The molecule has 3 N–H and O–H groups in total. The average molecular weight is 242 g/mol. The lowest BCUT2D eigenvalue weighted by Crippen LogP contribution is -2.05. The van der Waals surface area contributed by atoms with Gasteiger partial charge in [-0.05, 0) is 31.0 Å². The zero-order chi connectivity index (χ0) is 12.5. The minimum absolute atomic E-state index is 0.159. The number of hydrogen-bond acceptors (Lipinski definition) is 1. The highest BCUT2D eigenvalue weighted by Crippen LogP contribution is 2.35. The SMILES string of the molecule is NCCCc1c[nH]c2c(C(F)(F)F)cccc12. The van der Waals surface area contributed by atoms with E-state index in [9.17, 15) is 13.2 Å². The second-order valence-electron chi connectivity index (χ2n) is 3.93. The van der Waals surface area contributed by atoms with Gasteiger partial charge in [0.05, 0.1) is 11.1 Å². The van der Waals surface area contributed by atoms with E-state index in [1.807, 2.05) is 0 Å².